The Labute approximate surface area is 143 Å². The summed E-state index contributed by atoms with van der Waals surface area (Å²) in [4.78, 5) is 16.4. The number of methoxy groups -OCH3 is 1. The summed E-state index contributed by atoms with van der Waals surface area (Å²) in [6.07, 6.45) is 1.52. The van der Waals surface area contributed by atoms with Gasteiger partial charge in [0.15, 0.2) is 11.6 Å². The molecule has 24 heavy (non-hydrogen) atoms. The van der Waals surface area contributed by atoms with Crippen LogP contribution in [0.1, 0.15) is 13.8 Å². The lowest BCUT2D eigenvalue weighted by molar-refractivity contribution is 0.0182. The Morgan fingerprint density at radius 1 is 1.46 bits per heavy atom. The van der Waals surface area contributed by atoms with Gasteiger partial charge in [0.25, 0.3) is 0 Å². The Kier molecular flexibility index (Phi) is 6.33. The number of urea groups is 1. The molecule has 0 saturated carbocycles. The second-order valence-corrected chi connectivity index (χ2v) is 6.79. The molecule has 1 aromatic rings. The molecule has 1 fully saturated rings. The van der Waals surface area contributed by atoms with Crippen molar-refractivity contribution in [1.29, 1.82) is 0 Å². The highest BCUT2D eigenvalue weighted by molar-refractivity contribution is 5.89. The molecule has 0 unspecified atom stereocenters. The lowest BCUT2D eigenvalue weighted by Gasteiger charge is -2.37. The first-order chi connectivity index (χ1) is 11.4. The van der Waals surface area contributed by atoms with Crippen LogP contribution in [-0.2, 0) is 4.74 Å². The number of nitrogens with zero attached hydrogens (tertiary/aromatic N) is 4. The Bertz CT molecular complexity index is 546. The summed E-state index contributed by atoms with van der Waals surface area (Å²) >= 11 is 0. The van der Waals surface area contributed by atoms with E-state index in [9.17, 15) is 4.79 Å². The number of ether oxygens (including phenoxy) is 2. The lowest BCUT2D eigenvalue weighted by Crippen LogP contribution is -2.47. The van der Waals surface area contributed by atoms with Crippen LogP contribution in [0.3, 0.4) is 0 Å². The van der Waals surface area contributed by atoms with E-state index >= 15 is 0 Å². The molecule has 1 N–H and O–H groups in total. The number of hydrogen-bond donors (Lipinski definition) is 1. The van der Waals surface area contributed by atoms with E-state index in [1.165, 1.54) is 13.3 Å². The maximum absolute atomic E-state index is 12.4. The molecule has 134 valence electrons. The van der Waals surface area contributed by atoms with Crippen molar-refractivity contribution in [2.45, 2.75) is 13.8 Å². The van der Waals surface area contributed by atoms with Crippen LogP contribution in [0, 0.1) is 5.41 Å². The molecule has 2 heterocycles. The fourth-order valence-corrected chi connectivity index (χ4v) is 2.90. The third-order valence-electron chi connectivity index (χ3n) is 3.90. The highest BCUT2D eigenvalue weighted by Gasteiger charge is 2.26. The normalized spacial score (nSPS) is 15.8. The van der Waals surface area contributed by atoms with Gasteiger partial charge in [0, 0.05) is 39.3 Å². The fourth-order valence-electron chi connectivity index (χ4n) is 2.90. The number of anilines is 1. The molecule has 2 amide bonds. The average Bonchev–Trinajstić information content (AvgIpc) is 2.55. The molecule has 0 aromatic carbocycles. The zero-order valence-electron chi connectivity index (χ0n) is 14.9. The van der Waals surface area contributed by atoms with Crippen LogP contribution in [0.15, 0.2) is 12.3 Å². The van der Waals surface area contributed by atoms with Crippen LogP contribution >= 0.6 is 0 Å². The van der Waals surface area contributed by atoms with Crippen LogP contribution < -0.4 is 10.1 Å². The molecule has 0 bridgehead atoms. The highest BCUT2D eigenvalue weighted by Crippen LogP contribution is 2.22. The summed E-state index contributed by atoms with van der Waals surface area (Å²) in [6.45, 7) is 9.30. The molecule has 8 nitrogen and oxygen atoms in total. The Morgan fingerprint density at radius 2 is 2.17 bits per heavy atom. The average molecular weight is 337 g/mol. The van der Waals surface area contributed by atoms with Crippen molar-refractivity contribution in [3.63, 3.8) is 0 Å². The quantitative estimate of drug-likeness (QED) is 0.843. The van der Waals surface area contributed by atoms with Gasteiger partial charge in [-0.25, -0.2) is 4.79 Å². The number of rotatable bonds is 6. The van der Waals surface area contributed by atoms with Crippen LogP contribution in [0.4, 0.5) is 10.6 Å². The van der Waals surface area contributed by atoms with Gasteiger partial charge in [-0.05, 0) is 5.41 Å². The van der Waals surface area contributed by atoms with Crippen molar-refractivity contribution in [2.24, 2.45) is 5.41 Å². The Hall–Kier alpha value is -1.93. The van der Waals surface area contributed by atoms with Gasteiger partial charge < -0.3 is 14.4 Å². The summed E-state index contributed by atoms with van der Waals surface area (Å²) in [5.41, 5.74) is -0.0319. The molecule has 0 radical (unpaired) electrons. The first kappa shape index (κ1) is 18.4. The number of carbonyl (C=O) groups excluding carboxylic acids is 1. The van der Waals surface area contributed by atoms with E-state index in [4.69, 9.17) is 9.47 Å². The third-order valence-corrected chi connectivity index (χ3v) is 3.90. The minimum atomic E-state index is -0.233. The molecule has 1 aliphatic rings. The van der Waals surface area contributed by atoms with Crippen molar-refractivity contribution in [2.75, 3.05) is 58.9 Å². The first-order valence-electron chi connectivity index (χ1n) is 8.09. The number of nitrogens with one attached hydrogen (secondary N) is 1. The van der Waals surface area contributed by atoms with Crippen LogP contribution in [0.25, 0.3) is 0 Å². The van der Waals surface area contributed by atoms with Crippen molar-refractivity contribution in [3.8, 4) is 5.75 Å². The summed E-state index contributed by atoms with van der Waals surface area (Å²) in [5, 5.41) is 10.4. The van der Waals surface area contributed by atoms with E-state index in [0.29, 0.717) is 18.1 Å². The maximum atomic E-state index is 12.4. The van der Waals surface area contributed by atoms with Crippen LogP contribution in [-0.4, -0.2) is 79.6 Å². The van der Waals surface area contributed by atoms with Gasteiger partial charge in [0.05, 0.1) is 26.5 Å². The molecule has 1 aromatic heterocycles. The molecule has 8 heteroatoms. The fraction of sp³-hybridized carbons (Fsp3) is 0.688. The zero-order chi connectivity index (χ0) is 17.6. The van der Waals surface area contributed by atoms with Crippen molar-refractivity contribution < 1.29 is 14.3 Å². The summed E-state index contributed by atoms with van der Waals surface area (Å²) in [7, 11) is 3.31. The third kappa shape index (κ3) is 5.31. The van der Waals surface area contributed by atoms with Gasteiger partial charge in [-0.3, -0.25) is 10.2 Å². The van der Waals surface area contributed by atoms with E-state index in [-0.39, 0.29) is 11.4 Å². The predicted molar refractivity (Wildman–Crippen MR) is 91.3 cm³/mol. The van der Waals surface area contributed by atoms with Gasteiger partial charge in [-0.2, -0.15) is 5.10 Å². The van der Waals surface area contributed by atoms with E-state index in [1.54, 1.807) is 18.0 Å². The Morgan fingerprint density at radius 3 is 2.83 bits per heavy atom. The molecule has 2 rings (SSSR count). The first-order valence-corrected chi connectivity index (χ1v) is 8.09. The zero-order valence-corrected chi connectivity index (χ0v) is 14.9. The van der Waals surface area contributed by atoms with Gasteiger partial charge >= 0.3 is 6.03 Å². The molecule has 0 aliphatic carbocycles. The number of hydrogen-bond acceptors (Lipinski definition) is 6. The monoisotopic (exact) mass is 337 g/mol. The number of carbonyl (C=O) groups is 1. The molecular weight excluding hydrogens is 310 g/mol. The molecule has 0 spiro atoms. The van der Waals surface area contributed by atoms with E-state index in [1.807, 2.05) is 0 Å². The molecular formula is C16H27N5O3. The Balaban J connectivity index is 1.89. The largest absolute Gasteiger partial charge is 0.493 e. The topological polar surface area (TPSA) is 79.8 Å². The summed E-state index contributed by atoms with van der Waals surface area (Å²) in [6, 6.07) is 1.43. The second-order valence-electron chi connectivity index (χ2n) is 6.79. The smallest absolute Gasteiger partial charge is 0.322 e. The molecule has 1 aliphatic heterocycles. The van der Waals surface area contributed by atoms with Crippen LogP contribution in [0.2, 0.25) is 0 Å². The van der Waals surface area contributed by atoms with Crippen LogP contribution in [0.5, 0.6) is 5.75 Å². The number of morpholine rings is 1. The molecule has 0 atom stereocenters. The second kappa shape index (κ2) is 8.25. The predicted octanol–water partition coefficient (Wildman–Crippen LogP) is 1.31. The summed E-state index contributed by atoms with van der Waals surface area (Å²) in [5.74, 6) is 0.808. The molecule has 1 saturated heterocycles. The van der Waals surface area contributed by atoms with E-state index < -0.39 is 0 Å². The lowest BCUT2D eigenvalue weighted by atomic mass is 9.92. The maximum Gasteiger partial charge on any atom is 0.322 e. The van der Waals surface area contributed by atoms with Gasteiger partial charge in [0.1, 0.15) is 0 Å². The van der Waals surface area contributed by atoms with Gasteiger partial charge in [0.2, 0.25) is 0 Å². The van der Waals surface area contributed by atoms with Gasteiger partial charge in [-0.1, -0.05) is 13.8 Å². The van der Waals surface area contributed by atoms with Crippen molar-refractivity contribution in [3.05, 3.63) is 12.3 Å². The standard InChI is InChI=1S/C16H27N5O3/c1-16(2,12-21-7-9-24-10-8-21)11-20(3)15(22)18-14-13(23-4)5-6-17-19-14/h5-6H,7-12H2,1-4H3,(H,18,19,22). The number of aromatic nitrogens is 2. The summed E-state index contributed by atoms with van der Waals surface area (Å²) < 4.78 is 10.6. The number of amides is 2. The van der Waals surface area contributed by atoms with E-state index in [0.717, 1.165) is 32.8 Å². The minimum absolute atomic E-state index is 0.0319. The van der Waals surface area contributed by atoms with Gasteiger partial charge in [-0.15, -0.1) is 5.10 Å². The minimum Gasteiger partial charge on any atom is -0.493 e. The van der Waals surface area contributed by atoms with Crippen molar-refractivity contribution >= 4 is 11.8 Å². The van der Waals surface area contributed by atoms with E-state index in [2.05, 4.69) is 34.3 Å². The highest BCUT2D eigenvalue weighted by atomic mass is 16.5. The van der Waals surface area contributed by atoms with Crippen molar-refractivity contribution in [1.82, 2.24) is 20.0 Å². The SMILES string of the molecule is COc1ccnnc1NC(=O)N(C)CC(C)(C)CN1CCOCC1.